The Labute approximate surface area is 192 Å². The molecule has 33 heavy (non-hydrogen) atoms. The number of ketones is 1. The Hall–Kier alpha value is -3.92. The van der Waals surface area contributed by atoms with Gasteiger partial charge in [0.1, 0.15) is 29.7 Å². The van der Waals surface area contributed by atoms with Crippen molar-refractivity contribution in [3.05, 3.63) is 64.2 Å². The summed E-state index contributed by atoms with van der Waals surface area (Å²) in [6, 6.07) is 10.9. The molecule has 2 aliphatic rings. The van der Waals surface area contributed by atoms with E-state index in [-0.39, 0.29) is 16.5 Å². The van der Waals surface area contributed by atoms with Crippen molar-refractivity contribution in [1.29, 1.82) is 0 Å². The van der Waals surface area contributed by atoms with Gasteiger partial charge in [0.15, 0.2) is 11.5 Å². The minimum atomic E-state index is -0.916. The lowest BCUT2D eigenvalue weighted by Crippen LogP contribution is -2.29. The zero-order chi connectivity index (χ0) is 23.1. The summed E-state index contributed by atoms with van der Waals surface area (Å²) in [5.74, 6) is -0.377. The predicted molar refractivity (Wildman–Crippen MR) is 120 cm³/mol. The fraction of sp³-hybridized carbons (Fsp3) is 0.217. The van der Waals surface area contributed by atoms with E-state index in [4.69, 9.17) is 14.2 Å². The normalized spacial score (nSPS) is 19.1. The third-order valence-corrected chi connectivity index (χ3v) is 6.23. The zero-order valence-electron chi connectivity index (χ0n) is 17.8. The minimum Gasteiger partial charge on any atom is -0.507 e. The van der Waals surface area contributed by atoms with Crippen molar-refractivity contribution >= 4 is 33.9 Å². The summed E-state index contributed by atoms with van der Waals surface area (Å²) in [6.45, 7) is 2.57. The molecule has 0 spiro atoms. The number of anilines is 1. The molecule has 2 aromatic carbocycles. The van der Waals surface area contributed by atoms with Crippen molar-refractivity contribution in [1.82, 2.24) is 10.2 Å². The van der Waals surface area contributed by atoms with Crippen LogP contribution < -0.4 is 19.1 Å². The molecule has 168 valence electrons. The number of hydrogen-bond acceptors (Lipinski definition) is 9. The van der Waals surface area contributed by atoms with Gasteiger partial charge in [-0.25, -0.2) is 0 Å². The van der Waals surface area contributed by atoms with Crippen molar-refractivity contribution in [2.45, 2.75) is 13.0 Å². The smallest absolute Gasteiger partial charge is 0.301 e. The average molecular weight is 465 g/mol. The molecule has 3 heterocycles. The summed E-state index contributed by atoms with van der Waals surface area (Å²) >= 11 is 1.19. The van der Waals surface area contributed by atoms with E-state index in [1.807, 2.05) is 0 Å². The van der Waals surface area contributed by atoms with Crippen LogP contribution in [-0.4, -0.2) is 47.3 Å². The second kappa shape index (κ2) is 8.21. The van der Waals surface area contributed by atoms with Crippen LogP contribution in [0, 0.1) is 6.92 Å². The minimum absolute atomic E-state index is 0.0576. The van der Waals surface area contributed by atoms with Crippen LogP contribution in [0.25, 0.3) is 5.76 Å². The van der Waals surface area contributed by atoms with Gasteiger partial charge in [-0.15, -0.1) is 10.2 Å². The summed E-state index contributed by atoms with van der Waals surface area (Å²) in [5, 5.41) is 20.2. The number of benzene rings is 2. The molecule has 3 aromatic rings. The molecule has 0 bridgehead atoms. The lowest BCUT2D eigenvalue weighted by molar-refractivity contribution is -0.132. The summed E-state index contributed by atoms with van der Waals surface area (Å²) in [6.07, 6.45) is 0. The van der Waals surface area contributed by atoms with Gasteiger partial charge in [-0.05, 0) is 42.8 Å². The molecule has 0 saturated carbocycles. The van der Waals surface area contributed by atoms with E-state index in [2.05, 4.69) is 10.2 Å². The number of aliphatic hydroxyl groups excluding tert-OH is 1. The molecule has 1 atom stereocenters. The maximum atomic E-state index is 13.2. The first-order valence-corrected chi connectivity index (χ1v) is 10.9. The van der Waals surface area contributed by atoms with Crippen LogP contribution in [0.2, 0.25) is 0 Å². The molecular formula is C23H19N3O6S. The summed E-state index contributed by atoms with van der Waals surface area (Å²) in [4.78, 5) is 27.6. The number of carbonyl (C=O) groups excluding carboxylic acids is 2. The number of aliphatic hydroxyl groups is 1. The fourth-order valence-corrected chi connectivity index (χ4v) is 4.60. The fourth-order valence-electron chi connectivity index (χ4n) is 3.89. The monoisotopic (exact) mass is 465 g/mol. The van der Waals surface area contributed by atoms with Gasteiger partial charge in [-0.2, -0.15) is 0 Å². The number of nitrogens with zero attached hydrogens (tertiary/aromatic N) is 3. The van der Waals surface area contributed by atoms with Crippen LogP contribution >= 0.6 is 11.3 Å². The highest BCUT2D eigenvalue weighted by atomic mass is 32.1. The second-order valence-electron chi connectivity index (χ2n) is 7.41. The second-order valence-corrected chi connectivity index (χ2v) is 8.57. The van der Waals surface area contributed by atoms with Gasteiger partial charge in [-0.3, -0.25) is 14.5 Å². The Kier molecular flexibility index (Phi) is 5.21. The number of Topliss-reactive ketones (excluding diaryl/α,β-unsaturated/α-hetero) is 1. The number of ether oxygens (including phenoxy) is 3. The van der Waals surface area contributed by atoms with Crippen LogP contribution in [0.4, 0.5) is 5.13 Å². The lowest BCUT2D eigenvalue weighted by Gasteiger charge is -2.23. The van der Waals surface area contributed by atoms with Crippen LogP contribution in [0.3, 0.4) is 0 Å². The molecule has 1 N–H and O–H groups in total. The van der Waals surface area contributed by atoms with Crippen molar-refractivity contribution in [3.8, 4) is 17.2 Å². The van der Waals surface area contributed by atoms with E-state index >= 15 is 0 Å². The lowest BCUT2D eigenvalue weighted by atomic mass is 9.95. The van der Waals surface area contributed by atoms with E-state index in [9.17, 15) is 14.7 Å². The number of aromatic nitrogens is 2. The molecule has 0 aliphatic carbocycles. The Bertz CT molecular complexity index is 1300. The van der Waals surface area contributed by atoms with E-state index < -0.39 is 17.7 Å². The van der Waals surface area contributed by atoms with Gasteiger partial charge < -0.3 is 19.3 Å². The first-order valence-electron chi connectivity index (χ1n) is 10.1. The van der Waals surface area contributed by atoms with Crippen molar-refractivity contribution in [2.75, 3.05) is 25.2 Å². The molecule has 1 fully saturated rings. The Balaban J connectivity index is 1.70. The third-order valence-electron chi connectivity index (χ3n) is 5.39. The van der Waals surface area contributed by atoms with Gasteiger partial charge in [0.25, 0.3) is 5.78 Å². The van der Waals surface area contributed by atoms with Crippen molar-refractivity contribution in [3.63, 3.8) is 0 Å². The zero-order valence-corrected chi connectivity index (χ0v) is 18.6. The number of rotatable bonds is 4. The van der Waals surface area contributed by atoms with Crippen LogP contribution in [-0.2, 0) is 9.59 Å². The van der Waals surface area contributed by atoms with E-state index in [1.54, 1.807) is 49.4 Å². The van der Waals surface area contributed by atoms with E-state index in [0.29, 0.717) is 46.6 Å². The molecule has 10 heteroatoms. The number of hydrogen-bond donors (Lipinski definition) is 1. The quantitative estimate of drug-likeness (QED) is 0.355. The molecule has 1 aromatic heterocycles. The third kappa shape index (κ3) is 3.58. The SMILES string of the molecule is COc1cccc([C@H]2C(=C(O)c3ccc4c(c3)OCCO4)C(=O)C(=O)N2c2nnc(C)s2)c1. The van der Waals surface area contributed by atoms with Crippen LogP contribution in [0.5, 0.6) is 17.2 Å². The number of amides is 1. The first kappa shape index (κ1) is 21.0. The Morgan fingerprint density at radius 3 is 2.64 bits per heavy atom. The molecule has 2 aliphatic heterocycles. The van der Waals surface area contributed by atoms with Gasteiger partial charge in [-0.1, -0.05) is 23.5 Å². The summed E-state index contributed by atoms with van der Waals surface area (Å²) < 4.78 is 16.5. The van der Waals surface area contributed by atoms with Gasteiger partial charge in [0.2, 0.25) is 5.13 Å². The van der Waals surface area contributed by atoms with Gasteiger partial charge in [0, 0.05) is 5.56 Å². The van der Waals surface area contributed by atoms with Crippen molar-refractivity contribution < 1.29 is 28.9 Å². The molecule has 0 unspecified atom stereocenters. The van der Waals surface area contributed by atoms with E-state index in [1.165, 1.54) is 23.3 Å². The van der Waals surface area contributed by atoms with Crippen LogP contribution in [0.15, 0.2) is 48.0 Å². The van der Waals surface area contributed by atoms with Gasteiger partial charge in [0.05, 0.1) is 18.7 Å². The highest BCUT2D eigenvalue weighted by Gasteiger charge is 2.48. The number of methoxy groups -OCH3 is 1. The number of fused-ring (bicyclic) bond motifs is 1. The summed E-state index contributed by atoms with van der Waals surface area (Å²) in [7, 11) is 1.53. The number of carbonyl (C=O) groups is 2. The largest absolute Gasteiger partial charge is 0.507 e. The maximum absolute atomic E-state index is 13.2. The first-order chi connectivity index (χ1) is 16.0. The molecule has 1 saturated heterocycles. The van der Waals surface area contributed by atoms with E-state index in [0.717, 1.165) is 0 Å². The van der Waals surface area contributed by atoms with Crippen molar-refractivity contribution in [2.24, 2.45) is 0 Å². The van der Waals surface area contributed by atoms with Gasteiger partial charge >= 0.3 is 5.91 Å². The Morgan fingerprint density at radius 1 is 1.12 bits per heavy atom. The molecular weight excluding hydrogens is 446 g/mol. The maximum Gasteiger partial charge on any atom is 0.301 e. The Morgan fingerprint density at radius 2 is 1.91 bits per heavy atom. The summed E-state index contributed by atoms with van der Waals surface area (Å²) in [5.41, 5.74) is 0.858. The van der Waals surface area contributed by atoms with Crippen LogP contribution in [0.1, 0.15) is 22.2 Å². The number of aryl methyl sites for hydroxylation is 1. The molecule has 0 radical (unpaired) electrons. The molecule has 5 rings (SSSR count). The predicted octanol–water partition coefficient (Wildman–Crippen LogP) is 3.25. The molecule has 9 nitrogen and oxygen atoms in total. The molecule has 1 amide bonds. The highest BCUT2D eigenvalue weighted by Crippen LogP contribution is 2.44. The topological polar surface area (TPSA) is 111 Å². The average Bonchev–Trinajstić information content (AvgIpc) is 3.38. The highest BCUT2D eigenvalue weighted by molar-refractivity contribution is 7.15. The standard InChI is InChI=1S/C23H19N3O6S/c1-12-24-25-23(33-12)26-19(13-4-3-5-15(10-13)30-2)18(21(28)22(26)29)20(27)14-6-7-16-17(11-14)32-9-8-31-16/h3-7,10-11,19,27H,8-9H2,1-2H3/t19-/m0/s1.